The molecule has 3 rings (SSSR count). The van der Waals surface area contributed by atoms with E-state index in [0.29, 0.717) is 41.8 Å². The maximum Gasteiger partial charge on any atom is 0.239 e. The molecule has 1 aromatic rings. The molecular weight excluding hydrogens is 361 g/mol. The number of anilines is 1. The van der Waals surface area contributed by atoms with E-state index in [0.717, 1.165) is 6.42 Å². The number of nitrogens with two attached hydrogens (primary N) is 1. The lowest BCUT2D eigenvalue weighted by molar-refractivity contribution is -0.139. The summed E-state index contributed by atoms with van der Waals surface area (Å²) in [5.41, 5.74) is 6.39. The van der Waals surface area contributed by atoms with E-state index >= 15 is 0 Å². The minimum atomic E-state index is -0.639. The van der Waals surface area contributed by atoms with Crippen LogP contribution in [0.1, 0.15) is 12.8 Å². The van der Waals surface area contributed by atoms with Gasteiger partial charge in [0.05, 0.1) is 10.7 Å². The number of halogens is 3. The minimum absolute atomic E-state index is 0. The summed E-state index contributed by atoms with van der Waals surface area (Å²) in [7, 11) is 0. The van der Waals surface area contributed by atoms with Crippen molar-refractivity contribution in [3.63, 3.8) is 0 Å². The molecule has 5 nitrogen and oxygen atoms in total. The molecule has 2 aliphatic heterocycles. The third-order valence-electron chi connectivity index (χ3n) is 4.24. The summed E-state index contributed by atoms with van der Waals surface area (Å²) in [6, 6.07) is 4.99. The van der Waals surface area contributed by atoms with Crippen molar-refractivity contribution < 1.29 is 9.59 Å². The van der Waals surface area contributed by atoms with Gasteiger partial charge in [-0.15, -0.1) is 12.4 Å². The molecule has 0 bridgehead atoms. The second-order valence-electron chi connectivity index (χ2n) is 5.76. The second-order valence-corrected chi connectivity index (χ2v) is 6.60. The van der Waals surface area contributed by atoms with Crippen molar-refractivity contribution in [2.75, 3.05) is 24.5 Å². The first-order chi connectivity index (χ1) is 10.5. The molecule has 0 saturated carbocycles. The first-order valence-electron chi connectivity index (χ1n) is 7.28. The van der Waals surface area contributed by atoms with Gasteiger partial charge in [-0.05, 0) is 31.0 Å². The Morgan fingerprint density at radius 2 is 1.96 bits per heavy atom. The highest BCUT2D eigenvalue weighted by Gasteiger charge is 2.41. The van der Waals surface area contributed by atoms with Crippen LogP contribution in [0.3, 0.4) is 0 Å². The fraction of sp³-hybridized carbons (Fsp3) is 0.467. The molecule has 2 fully saturated rings. The fourth-order valence-corrected chi connectivity index (χ4v) is 3.43. The van der Waals surface area contributed by atoms with E-state index < -0.39 is 5.92 Å². The quantitative estimate of drug-likeness (QED) is 0.803. The van der Waals surface area contributed by atoms with Gasteiger partial charge in [0, 0.05) is 30.7 Å². The van der Waals surface area contributed by atoms with E-state index in [9.17, 15) is 9.59 Å². The van der Waals surface area contributed by atoms with E-state index in [4.69, 9.17) is 28.9 Å². The minimum Gasteiger partial charge on any atom is -0.340 e. The Bertz CT molecular complexity index is 626. The highest BCUT2D eigenvalue weighted by atomic mass is 35.5. The van der Waals surface area contributed by atoms with Gasteiger partial charge in [-0.3, -0.25) is 9.59 Å². The lowest BCUT2D eigenvalue weighted by Gasteiger charge is -2.21. The first kappa shape index (κ1) is 18.3. The number of hydrogen-bond acceptors (Lipinski definition) is 3. The van der Waals surface area contributed by atoms with Gasteiger partial charge in [-0.1, -0.05) is 23.2 Å². The molecule has 23 heavy (non-hydrogen) atoms. The van der Waals surface area contributed by atoms with Crippen LogP contribution < -0.4 is 10.6 Å². The zero-order chi connectivity index (χ0) is 15.9. The normalized spacial score (nSPS) is 24.0. The molecule has 0 radical (unpaired) electrons. The Balaban J connectivity index is 0.00000192. The molecule has 2 aliphatic rings. The van der Waals surface area contributed by atoms with E-state index in [2.05, 4.69) is 0 Å². The number of hydrogen-bond donors (Lipinski definition) is 1. The van der Waals surface area contributed by atoms with Crippen molar-refractivity contribution >= 4 is 53.1 Å². The van der Waals surface area contributed by atoms with Crippen molar-refractivity contribution in [3.8, 4) is 0 Å². The largest absolute Gasteiger partial charge is 0.340 e. The van der Waals surface area contributed by atoms with Crippen LogP contribution in [0.25, 0.3) is 0 Å². The summed E-state index contributed by atoms with van der Waals surface area (Å²) in [5.74, 6) is -0.978. The molecule has 2 unspecified atom stereocenters. The van der Waals surface area contributed by atoms with Gasteiger partial charge >= 0.3 is 0 Å². The van der Waals surface area contributed by atoms with Crippen molar-refractivity contribution in [2.45, 2.75) is 18.9 Å². The van der Waals surface area contributed by atoms with Gasteiger partial charge in [0.2, 0.25) is 11.8 Å². The highest BCUT2D eigenvalue weighted by Crippen LogP contribution is 2.34. The van der Waals surface area contributed by atoms with E-state index in [-0.39, 0.29) is 30.3 Å². The third kappa shape index (κ3) is 3.58. The Labute approximate surface area is 151 Å². The maximum atomic E-state index is 12.6. The van der Waals surface area contributed by atoms with Crippen molar-refractivity contribution in [3.05, 3.63) is 28.2 Å². The summed E-state index contributed by atoms with van der Waals surface area (Å²) in [5, 5.41) is 0.960. The molecule has 126 valence electrons. The molecular formula is C15H18Cl3N3O2. The molecule has 8 heteroatoms. The van der Waals surface area contributed by atoms with Gasteiger partial charge in [0.15, 0.2) is 0 Å². The Morgan fingerprint density at radius 1 is 1.22 bits per heavy atom. The summed E-state index contributed by atoms with van der Waals surface area (Å²) >= 11 is 12.1. The SMILES string of the molecule is Cl.NC1CCN(C(=O)C2CCN(c3cc(Cl)ccc3Cl)C2=O)C1. The number of rotatable bonds is 2. The Hall–Kier alpha value is -1.01. The Kier molecular flexibility index (Phi) is 5.79. The zero-order valence-electron chi connectivity index (χ0n) is 12.4. The van der Waals surface area contributed by atoms with Crippen LogP contribution in [0.4, 0.5) is 5.69 Å². The fourth-order valence-electron chi connectivity index (χ4n) is 3.05. The lowest BCUT2D eigenvalue weighted by Crippen LogP contribution is -2.40. The molecule has 0 aromatic heterocycles. The third-order valence-corrected chi connectivity index (χ3v) is 4.79. The molecule has 2 atom stereocenters. The van der Waals surface area contributed by atoms with Crippen LogP contribution in [0, 0.1) is 5.92 Å². The number of likely N-dealkylation sites (tertiary alicyclic amines) is 1. The summed E-state index contributed by atoms with van der Waals surface area (Å²) in [4.78, 5) is 28.3. The summed E-state index contributed by atoms with van der Waals surface area (Å²) < 4.78 is 0. The van der Waals surface area contributed by atoms with Crippen molar-refractivity contribution in [1.82, 2.24) is 4.90 Å². The van der Waals surface area contributed by atoms with Gasteiger partial charge < -0.3 is 15.5 Å². The maximum absolute atomic E-state index is 12.6. The lowest BCUT2D eigenvalue weighted by atomic mass is 10.1. The van der Waals surface area contributed by atoms with Gasteiger partial charge in [-0.25, -0.2) is 0 Å². The highest BCUT2D eigenvalue weighted by molar-refractivity contribution is 6.36. The van der Waals surface area contributed by atoms with Crippen LogP contribution in [0.2, 0.25) is 10.0 Å². The molecule has 2 heterocycles. The van der Waals surface area contributed by atoms with Crippen LogP contribution in [-0.2, 0) is 9.59 Å². The van der Waals surface area contributed by atoms with Gasteiger partial charge in [0.25, 0.3) is 0 Å². The number of amides is 2. The molecule has 2 N–H and O–H groups in total. The molecule has 2 saturated heterocycles. The molecule has 0 aliphatic carbocycles. The van der Waals surface area contributed by atoms with E-state index in [1.54, 1.807) is 28.0 Å². The van der Waals surface area contributed by atoms with Crippen LogP contribution >= 0.6 is 35.6 Å². The van der Waals surface area contributed by atoms with Gasteiger partial charge in [-0.2, -0.15) is 0 Å². The van der Waals surface area contributed by atoms with E-state index in [1.807, 2.05) is 0 Å². The average Bonchev–Trinajstić information content (AvgIpc) is 3.07. The Morgan fingerprint density at radius 3 is 2.61 bits per heavy atom. The van der Waals surface area contributed by atoms with Crippen LogP contribution in [-0.4, -0.2) is 42.4 Å². The second kappa shape index (κ2) is 7.26. The summed E-state index contributed by atoms with van der Waals surface area (Å²) in [6.45, 7) is 1.62. The molecule has 2 amide bonds. The summed E-state index contributed by atoms with van der Waals surface area (Å²) in [6.07, 6.45) is 1.28. The standard InChI is InChI=1S/C15H17Cl2N3O2.ClH/c16-9-1-2-12(17)13(7-9)20-6-4-11(15(20)22)14(21)19-5-3-10(18)8-19;/h1-2,7,10-11H,3-6,8,18H2;1H. The first-order valence-corrected chi connectivity index (χ1v) is 8.04. The molecule has 1 aromatic carbocycles. The topological polar surface area (TPSA) is 66.6 Å². The average molecular weight is 379 g/mol. The smallest absolute Gasteiger partial charge is 0.239 e. The molecule has 0 spiro atoms. The van der Waals surface area contributed by atoms with Crippen molar-refractivity contribution in [1.29, 1.82) is 0 Å². The predicted octanol–water partition coefficient (Wildman–Crippen LogP) is 2.33. The zero-order valence-corrected chi connectivity index (χ0v) is 14.7. The van der Waals surface area contributed by atoms with Crippen molar-refractivity contribution in [2.24, 2.45) is 11.7 Å². The number of carbonyl (C=O) groups excluding carboxylic acids is 2. The van der Waals surface area contributed by atoms with E-state index in [1.165, 1.54) is 0 Å². The number of benzene rings is 1. The monoisotopic (exact) mass is 377 g/mol. The van der Waals surface area contributed by atoms with Gasteiger partial charge in [0.1, 0.15) is 5.92 Å². The number of nitrogens with zero attached hydrogens (tertiary/aromatic N) is 2. The van der Waals surface area contributed by atoms with Crippen LogP contribution in [0.15, 0.2) is 18.2 Å². The number of carbonyl (C=O) groups is 2. The van der Waals surface area contributed by atoms with Crippen LogP contribution in [0.5, 0.6) is 0 Å². The predicted molar refractivity (Wildman–Crippen MR) is 93.3 cm³/mol.